The molecule has 0 aliphatic carbocycles. The van der Waals surface area contributed by atoms with Crippen molar-refractivity contribution >= 4 is 11.8 Å². The predicted molar refractivity (Wildman–Crippen MR) is 59.2 cm³/mol. The molecule has 17 heavy (non-hydrogen) atoms. The van der Waals surface area contributed by atoms with E-state index < -0.39 is 11.0 Å². The number of non-ortho nitro benzene ring substituents is 1. The third-order valence-corrected chi connectivity index (χ3v) is 1.89. The maximum atomic E-state index is 10.5. The van der Waals surface area contributed by atoms with E-state index in [0.717, 1.165) is 0 Å². The van der Waals surface area contributed by atoms with E-state index in [1.54, 1.807) is 6.07 Å². The lowest BCUT2D eigenvalue weighted by Crippen LogP contribution is -2.23. The lowest BCUT2D eigenvalue weighted by Gasteiger charge is -2.05. The fourth-order valence-electron chi connectivity index (χ4n) is 1.14. The van der Waals surface area contributed by atoms with E-state index in [1.807, 2.05) is 0 Å². The highest BCUT2D eigenvalue weighted by molar-refractivity contribution is 5.64. The van der Waals surface area contributed by atoms with Crippen molar-refractivity contribution in [1.82, 2.24) is 5.32 Å². The van der Waals surface area contributed by atoms with Gasteiger partial charge in [0.1, 0.15) is 5.75 Å². The molecule has 7 heteroatoms. The standard InChI is InChI=1S/C10H12N2O5/c13-10(14)11-5-2-6-17-9-4-1-3-8(7-9)12(15)16/h1,3-4,7,11H,2,5-6H2,(H,13,14). The average Bonchev–Trinajstić information content (AvgIpc) is 2.28. The molecule has 0 fully saturated rings. The van der Waals surface area contributed by atoms with Crippen LogP contribution in [0.5, 0.6) is 5.75 Å². The first-order chi connectivity index (χ1) is 8.09. The molecule has 1 rings (SSSR count). The van der Waals surface area contributed by atoms with Gasteiger partial charge in [-0.05, 0) is 12.5 Å². The van der Waals surface area contributed by atoms with Crippen LogP contribution in [0.3, 0.4) is 0 Å². The van der Waals surface area contributed by atoms with Crippen LogP contribution >= 0.6 is 0 Å². The van der Waals surface area contributed by atoms with Gasteiger partial charge in [-0.1, -0.05) is 6.07 Å². The highest BCUT2D eigenvalue weighted by Crippen LogP contribution is 2.18. The number of carboxylic acid groups (broad SMARTS) is 1. The van der Waals surface area contributed by atoms with Crippen LogP contribution in [0.2, 0.25) is 0 Å². The summed E-state index contributed by atoms with van der Waals surface area (Å²) in [6.45, 7) is 0.575. The molecule has 0 radical (unpaired) electrons. The van der Waals surface area contributed by atoms with Gasteiger partial charge in [0, 0.05) is 12.6 Å². The normalized spacial score (nSPS) is 9.65. The van der Waals surface area contributed by atoms with E-state index in [2.05, 4.69) is 5.32 Å². The average molecular weight is 240 g/mol. The number of benzene rings is 1. The van der Waals surface area contributed by atoms with Crippen molar-refractivity contribution in [3.8, 4) is 5.75 Å². The SMILES string of the molecule is O=C(O)NCCCOc1cccc([N+](=O)[O-])c1. The lowest BCUT2D eigenvalue weighted by molar-refractivity contribution is -0.384. The van der Waals surface area contributed by atoms with Gasteiger partial charge in [0.2, 0.25) is 0 Å². The lowest BCUT2D eigenvalue weighted by atomic mass is 10.3. The fourth-order valence-corrected chi connectivity index (χ4v) is 1.14. The van der Waals surface area contributed by atoms with Crippen molar-refractivity contribution in [3.05, 3.63) is 34.4 Å². The number of nitro groups is 1. The van der Waals surface area contributed by atoms with Crippen LogP contribution in [0.1, 0.15) is 6.42 Å². The summed E-state index contributed by atoms with van der Waals surface area (Å²) in [6.07, 6.45) is -0.588. The molecule has 0 unspecified atom stereocenters. The minimum Gasteiger partial charge on any atom is -0.493 e. The first-order valence-electron chi connectivity index (χ1n) is 4.93. The highest BCUT2D eigenvalue weighted by Gasteiger charge is 2.05. The van der Waals surface area contributed by atoms with E-state index in [4.69, 9.17) is 9.84 Å². The number of hydrogen-bond donors (Lipinski definition) is 2. The van der Waals surface area contributed by atoms with Gasteiger partial charge in [0.05, 0.1) is 17.6 Å². The van der Waals surface area contributed by atoms with Gasteiger partial charge in [-0.15, -0.1) is 0 Å². The van der Waals surface area contributed by atoms with Gasteiger partial charge in [0.15, 0.2) is 0 Å². The molecule has 0 saturated heterocycles. The third-order valence-electron chi connectivity index (χ3n) is 1.89. The molecule has 0 heterocycles. The molecule has 0 aromatic heterocycles. The summed E-state index contributed by atoms with van der Waals surface area (Å²) in [5, 5.41) is 21.0. The molecule has 92 valence electrons. The van der Waals surface area contributed by atoms with Gasteiger partial charge in [-0.3, -0.25) is 10.1 Å². The van der Waals surface area contributed by atoms with Crippen molar-refractivity contribution in [2.45, 2.75) is 6.42 Å². The Hall–Kier alpha value is -2.31. The number of nitrogens with zero attached hydrogens (tertiary/aromatic N) is 1. The van der Waals surface area contributed by atoms with Crippen LogP contribution in [0.15, 0.2) is 24.3 Å². The largest absolute Gasteiger partial charge is 0.493 e. The molecule has 0 saturated carbocycles. The van der Waals surface area contributed by atoms with Crippen LogP contribution in [-0.4, -0.2) is 29.3 Å². The molecule has 1 amide bonds. The van der Waals surface area contributed by atoms with Gasteiger partial charge in [-0.25, -0.2) is 4.79 Å². The van der Waals surface area contributed by atoms with E-state index in [1.165, 1.54) is 18.2 Å². The minimum absolute atomic E-state index is 0.0360. The number of rotatable bonds is 6. The zero-order chi connectivity index (χ0) is 12.7. The molecule has 0 spiro atoms. The summed E-state index contributed by atoms with van der Waals surface area (Å²) >= 11 is 0. The van der Waals surface area contributed by atoms with Crippen molar-refractivity contribution in [2.24, 2.45) is 0 Å². The molecule has 1 aromatic carbocycles. The number of nitrogens with one attached hydrogen (secondary N) is 1. The molecule has 2 N–H and O–H groups in total. The summed E-state index contributed by atoms with van der Waals surface area (Å²) in [6, 6.07) is 5.84. The number of ether oxygens (including phenoxy) is 1. The zero-order valence-corrected chi connectivity index (χ0v) is 8.96. The van der Waals surface area contributed by atoms with Crippen LogP contribution in [-0.2, 0) is 0 Å². The Balaban J connectivity index is 2.34. The van der Waals surface area contributed by atoms with Gasteiger partial charge < -0.3 is 15.2 Å². The topological polar surface area (TPSA) is 102 Å². The van der Waals surface area contributed by atoms with Crippen LogP contribution in [0.25, 0.3) is 0 Å². The molecule has 0 atom stereocenters. The summed E-state index contributed by atoms with van der Waals surface area (Å²) in [5.41, 5.74) is -0.0360. The molecule has 1 aromatic rings. The Morgan fingerprint density at radius 3 is 2.94 bits per heavy atom. The molecule has 0 aliphatic rings. The quantitative estimate of drug-likeness (QED) is 0.447. The first-order valence-corrected chi connectivity index (χ1v) is 4.93. The number of amides is 1. The van der Waals surface area contributed by atoms with Crippen LogP contribution < -0.4 is 10.1 Å². The van der Waals surface area contributed by atoms with Crippen LogP contribution in [0, 0.1) is 10.1 Å². The number of hydrogen-bond acceptors (Lipinski definition) is 4. The molecule has 7 nitrogen and oxygen atoms in total. The van der Waals surface area contributed by atoms with Gasteiger partial charge in [0.25, 0.3) is 5.69 Å². The van der Waals surface area contributed by atoms with Crippen molar-refractivity contribution in [1.29, 1.82) is 0 Å². The maximum absolute atomic E-state index is 10.5. The van der Waals surface area contributed by atoms with Crippen LogP contribution in [0.4, 0.5) is 10.5 Å². The highest BCUT2D eigenvalue weighted by atomic mass is 16.6. The van der Waals surface area contributed by atoms with E-state index in [-0.39, 0.29) is 12.2 Å². The Labute approximate surface area is 97.2 Å². The number of carbonyl (C=O) groups is 1. The Kier molecular flexibility index (Phi) is 4.74. The Bertz CT molecular complexity index is 407. The monoisotopic (exact) mass is 240 g/mol. The minimum atomic E-state index is -1.08. The molecular formula is C10H12N2O5. The zero-order valence-electron chi connectivity index (χ0n) is 8.96. The van der Waals surface area contributed by atoms with E-state index >= 15 is 0 Å². The number of nitro benzene ring substituents is 1. The molecular weight excluding hydrogens is 228 g/mol. The van der Waals surface area contributed by atoms with E-state index in [0.29, 0.717) is 18.8 Å². The third kappa shape index (κ3) is 4.83. The van der Waals surface area contributed by atoms with E-state index in [9.17, 15) is 14.9 Å². The molecule has 0 bridgehead atoms. The Morgan fingerprint density at radius 1 is 1.53 bits per heavy atom. The Morgan fingerprint density at radius 2 is 2.29 bits per heavy atom. The smallest absolute Gasteiger partial charge is 0.404 e. The summed E-state index contributed by atoms with van der Waals surface area (Å²) in [7, 11) is 0. The molecule has 0 aliphatic heterocycles. The first kappa shape index (κ1) is 12.8. The van der Waals surface area contributed by atoms with Crippen molar-refractivity contribution < 1.29 is 19.6 Å². The summed E-state index contributed by atoms with van der Waals surface area (Å²) in [4.78, 5) is 20.1. The maximum Gasteiger partial charge on any atom is 0.404 e. The van der Waals surface area contributed by atoms with Crippen molar-refractivity contribution in [2.75, 3.05) is 13.2 Å². The summed E-state index contributed by atoms with van der Waals surface area (Å²) < 4.78 is 5.24. The second-order valence-electron chi connectivity index (χ2n) is 3.19. The predicted octanol–water partition coefficient (Wildman–Crippen LogP) is 1.63. The summed E-state index contributed by atoms with van der Waals surface area (Å²) in [5.74, 6) is 0.398. The van der Waals surface area contributed by atoms with Gasteiger partial charge >= 0.3 is 6.09 Å². The second-order valence-corrected chi connectivity index (χ2v) is 3.19. The van der Waals surface area contributed by atoms with Crippen molar-refractivity contribution in [3.63, 3.8) is 0 Å². The van der Waals surface area contributed by atoms with Gasteiger partial charge in [-0.2, -0.15) is 0 Å². The second kappa shape index (κ2) is 6.31. The fraction of sp³-hybridized carbons (Fsp3) is 0.300.